The van der Waals surface area contributed by atoms with Crippen molar-refractivity contribution in [3.8, 4) is 5.69 Å². The molecule has 0 amide bonds. The maximum atomic E-state index is 14.1. The number of halogens is 3. The van der Waals surface area contributed by atoms with E-state index in [2.05, 4.69) is 25.3 Å². The highest BCUT2D eigenvalue weighted by atomic mass is 35.5. The molecule has 1 atom stereocenters. The van der Waals surface area contributed by atoms with Crippen molar-refractivity contribution in [3.63, 3.8) is 0 Å². The van der Waals surface area contributed by atoms with Crippen molar-refractivity contribution in [3.05, 3.63) is 68.3 Å². The fourth-order valence-corrected chi connectivity index (χ4v) is 3.62. The summed E-state index contributed by atoms with van der Waals surface area (Å²) >= 11 is 12.4. The molecule has 32 heavy (non-hydrogen) atoms. The van der Waals surface area contributed by atoms with Gasteiger partial charge in [0.25, 0.3) is 5.56 Å². The number of anilines is 3. The van der Waals surface area contributed by atoms with Crippen molar-refractivity contribution in [2.45, 2.75) is 19.9 Å². The van der Waals surface area contributed by atoms with Crippen molar-refractivity contribution in [1.82, 2.24) is 24.5 Å². The maximum Gasteiger partial charge on any atom is 0.267 e. The smallest absolute Gasteiger partial charge is 0.267 e. The molecule has 0 aliphatic carbocycles. The molecule has 12 heteroatoms. The Balaban J connectivity index is 1.95. The lowest BCUT2D eigenvalue weighted by molar-refractivity contribution is 0.629. The van der Waals surface area contributed by atoms with E-state index in [1.165, 1.54) is 22.9 Å². The molecule has 3 heterocycles. The normalized spacial score (nSPS) is 12.2. The Kier molecular flexibility index (Phi) is 5.57. The van der Waals surface area contributed by atoms with Crippen LogP contribution >= 0.6 is 23.2 Å². The monoisotopic (exact) mass is 474 g/mol. The van der Waals surface area contributed by atoms with Gasteiger partial charge >= 0.3 is 0 Å². The van der Waals surface area contributed by atoms with E-state index in [0.29, 0.717) is 11.5 Å². The van der Waals surface area contributed by atoms with Gasteiger partial charge in [-0.25, -0.2) is 24.3 Å². The number of fused-ring (bicyclic) bond motifs is 1. The molecule has 9 nitrogen and oxygen atoms in total. The number of benzene rings is 1. The minimum absolute atomic E-state index is 0.0559. The van der Waals surface area contributed by atoms with Gasteiger partial charge in [0.05, 0.1) is 33.9 Å². The first-order valence-corrected chi connectivity index (χ1v) is 10.1. The van der Waals surface area contributed by atoms with Gasteiger partial charge < -0.3 is 16.8 Å². The zero-order valence-corrected chi connectivity index (χ0v) is 18.4. The fourth-order valence-electron chi connectivity index (χ4n) is 3.24. The lowest BCUT2D eigenvalue weighted by atomic mass is 10.2. The van der Waals surface area contributed by atoms with Crippen LogP contribution in [-0.4, -0.2) is 24.5 Å². The summed E-state index contributed by atoms with van der Waals surface area (Å²) < 4.78 is 15.4. The predicted octanol–water partition coefficient (Wildman–Crippen LogP) is 3.66. The number of aryl methyl sites for hydroxylation is 1. The molecule has 0 bridgehead atoms. The molecule has 0 aliphatic rings. The molecule has 0 spiro atoms. The second-order valence-electron chi connectivity index (χ2n) is 6.99. The van der Waals surface area contributed by atoms with Crippen molar-refractivity contribution >= 4 is 51.6 Å². The summed E-state index contributed by atoms with van der Waals surface area (Å²) in [6, 6.07) is 5.07. The van der Waals surface area contributed by atoms with E-state index in [1.807, 2.05) is 0 Å². The SMILES string of the molecule is Cc1nc(N)c(Cl)c(N[C@@H](C)c2nc3ccc(F)c(Cl)c3c(=O)n2-c2ccc(N)nc2)n1. The lowest BCUT2D eigenvalue weighted by Crippen LogP contribution is -2.28. The van der Waals surface area contributed by atoms with Gasteiger partial charge in [0.15, 0.2) is 5.82 Å². The van der Waals surface area contributed by atoms with Crippen LogP contribution in [0.3, 0.4) is 0 Å². The summed E-state index contributed by atoms with van der Waals surface area (Å²) in [5.74, 6) is 0.627. The van der Waals surface area contributed by atoms with Crippen molar-refractivity contribution in [1.29, 1.82) is 0 Å². The van der Waals surface area contributed by atoms with Gasteiger partial charge in [-0.3, -0.25) is 9.36 Å². The Morgan fingerprint density at radius 1 is 1.09 bits per heavy atom. The minimum Gasteiger partial charge on any atom is -0.384 e. The van der Waals surface area contributed by atoms with E-state index in [9.17, 15) is 9.18 Å². The van der Waals surface area contributed by atoms with E-state index >= 15 is 0 Å². The predicted molar refractivity (Wildman–Crippen MR) is 123 cm³/mol. The zero-order chi connectivity index (χ0) is 23.2. The molecule has 164 valence electrons. The van der Waals surface area contributed by atoms with Gasteiger partial charge in [-0.1, -0.05) is 23.2 Å². The average Bonchev–Trinajstić information content (AvgIpc) is 2.74. The first-order valence-electron chi connectivity index (χ1n) is 9.36. The van der Waals surface area contributed by atoms with Gasteiger partial charge in [0.2, 0.25) is 0 Å². The highest BCUT2D eigenvalue weighted by Crippen LogP contribution is 2.30. The largest absolute Gasteiger partial charge is 0.384 e. The average molecular weight is 475 g/mol. The number of aromatic nitrogens is 5. The highest BCUT2D eigenvalue weighted by molar-refractivity contribution is 6.35. The molecule has 4 rings (SSSR count). The highest BCUT2D eigenvalue weighted by Gasteiger charge is 2.22. The fraction of sp³-hybridized carbons (Fsp3) is 0.150. The van der Waals surface area contributed by atoms with Gasteiger partial charge in [-0.15, -0.1) is 0 Å². The van der Waals surface area contributed by atoms with Crippen LogP contribution in [0.2, 0.25) is 10.0 Å². The van der Waals surface area contributed by atoms with Crippen molar-refractivity contribution in [2.24, 2.45) is 0 Å². The summed E-state index contributed by atoms with van der Waals surface area (Å²) in [5, 5.41) is 2.88. The van der Waals surface area contributed by atoms with Gasteiger partial charge in [-0.2, -0.15) is 0 Å². The van der Waals surface area contributed by atoms with Crippen LogP contribution in [0.5, 0.6) is 0 Å². The van der Waals surface area contributed by atoms with Crippen LogP contribution < -0.4 is 22.3 Å². The molecule has 0 saturated carbocycles. The van der Waals surface area contributed by atoms with E-state index in [0.717, 1.165) is 6.07 Å². The van der Waals surface area contributed by atoms with Crippen LogP contribution in [-0.2, 0) is 0 Å². The molecule has 4 aromatic rings. The Morgan fingerprint density at radius 2 is 1.84 bits per heavy atom. The number of rotatable bonds is 4. The quantitative estimate of drug-likeness (QED) is 0.407. The van der Waals surface area contributed by atoms with Crippen LogP contribution in [0.15, 0.2) is 35.3 Å². The number of nitrogen functional groups attached to an aromatic ring is 2. The van der Waals surface area contributed by atoms with Crippen molar-refractivity contribution in [2.75, 3.05) is 16.8 Å². The van der Waals surface area contributed by atoms with Crippen LogP contribution in [0.1, 0.15) is 24.6 Å². The third kappa shape index (κ3) is 3.78. The van der Waals surface area contributed by atoms with Gasteiger partial charge in [0.1, 0.15) is 34.1 Å². The zero-order valence-electron chi connectivity index (χ0n) is 16.9. The molecule has 5 N–H and O–H groups in total. The number of nitrogens with two attached hydrogens (primary N) is 2. The summed E-state index contributed by atoms with van der Waals surface area (Å²) in [6.07, 6.45) is 1.41. The molecule has 0 fully saturated rings. The Bertz CT molecular complexity index is 1410. The molecule has 0 aliphatic heterocycles. The topological polar surface area (TPSA) is 138 Å². The third-order valence-electron chi connectivity index (χ3n) is 4.71. The Hall–Kier alpha value is -3.50. The molecular formula is C20H17Cl2FN8O. The first-order chi connectivity index (χ1) is 15.2. The van der Waals surface area contributed by atoms with Crippen LogP contribution in [0.4, 0.5) is 21.8 Å². The second-order valence-corrected chi connectivity index (χ2v) is 7.75. The van der Waals surface area contributed by atoms with Gasteiger partial charge in [-0.05, 0) is 38.1 Å². The number of pyridine rings is 1. The van der Waals surface area contributed by atoms with E-state index in [4.69, 9.17) is 34.7 Å². The van der Waals surface area contributed by atoms with E-state index in [-0.39, 0.29) is 44.2 Å². The van der Waals surface area contributed by atoms with Crippen LogP contribution in [0.25, 0.3) is 16.6 Å². The molecular weight excluding hydrogens is 458 g/mol. The first kappa shape index (κ1) is 21.7. The third-order valence-corrected chi connectivity index (χ3v) is 5.45. The summed E-state index contributed by atoms with van der Waals surface area (Å²) in [5.41, 5.74) is 11.5. The van der Waals surface area contributed by atoms with Crippen molar-refractivity contribution < 1.29 is 4.39 Å². The number of hydrogen-bond acceptors (Lipinski definition) is 8. The summed E-state index contributed by atoms with van der Waals surface area (Å²) in [6.45, 7) is 3.42. The molecule has 3 aromatic heterocycles. The number of nitrogens with zero attached hydrogens (tertiary/aromatic N) is 5. The summed E-state index contributed by atoms with van der Waals surface area (Å²) in [4.78, 5) is 30.4. The van der Waals surface area contributed by atoms with E-state index in [1.54, 1.807) is 19.9 Å². The molecule has 0 saturated heterocycles. The number of hydrogen-bond donors (Lipinski definition) is 3. The molecule has 0 unspecified atom stereocenters. The second kappa shape index (κ2) is 8.21. The maximum absolute atomic E-state index is 14.1. The number of nitrogens with one attached hydrogen (secondary N) is 1. The molecule has 0 radical (unpaired) electrons. The summed E-state index contributed by atoms with van der Waals surface area (Å²) in [7, 11) is 0. The lowest BCUT2D eigenvalue weighted by Gasteiger charge is -2.21. The Labute approximate surface area is 191 Å². The van der Waals surface area contributed by atoms with E-state index < -0.39 is 17.4 Å². The van der Waals surface area contributed by atoms with Crippen LogP contribution in [0, 0.1) is 12.7 Å². The minimum atomic E-state index is -0.724. The Morgan fingerprint density at radius 3 is 2.53 bits per heavy atom. The standard InChI is InChI=1S/C20H17Cl2FN8O/c1-8(27-18-16(22)17(25)28-9(2)29-18)19-30-12-5-4-11(23)15(21)14(12)20(32)31(19)10-3-6-13(24)26-7-10/h3-8H,1-2H3,(H2,24,26)(H3,25,27,28,29)/t8-/m0/s1. The van der Waals surface area contributed by atoms with Gasteiger partial charge in [0, 0.05) is 0 Å². The molecule has 1 aromatic carbocycles.